The van der Waals surface area contributed by atoms with E-state index < -0.39 is 0 Å². The molecule has 0 unspecified atom stereocenters. The molecular formula is C16H14Br2O2. The first kappa shape index (κ1) is 15.1. The van der Waals surface area contributed by atoms with Crippen molar-refractivity contribution in [2.24, 2.45) is 0 Å². The second kappa shape index (κ2) is 8.12. The summed E-state index contributed by atoms with van der Waals surface area (Å²) in [6.07, 6.45) is 3.89. The largest absolute Gasteiger partial charge is 0.490 e. The fourth-order valence-corrected chi connectivity index (χ4v) is 2.02. The van der Waals surface area contributed by atoms with Crippen molar-refractivity contribution in [3.63, 3.8) is 0 Å². The molecule has 0 bridgehead atoms. The molecular weight excluding hydrogens is 384 g/mol. The number of halogens is 2. The quantitative estimate of drug-likeness (QED) is 0.621. The van der Waals surface area contributed by atoms with Gasteiger partial charge in [-0.15, -0.1) is 0 Å². The van der Waals surface area contributed by atoms with Gasteiger partial charge in [0.15, 0.2) is 0 Å². The van der Waals surface area contributed by atoms with Gasteiger partial charge in [0.05, 0.1) is 0 Å². The molecule has 20 heavy (non-hydrogen) atoms. The van der Waals surface area contributed by atoms with Crippen LogP contribution in [0.2, 0.25) is 0 Å². The minimum Gasteiger partial charge on any atom is -0.490 e. The lowest BCUT2D eigenvalue weighted by atomic mass is 10.3. The molecule has 0 fully saturated rings. The van der Waals surface area contributed by atoms with Crippen LogP contribution in [-0.4, -0.2) is 13.2 Å². The topological polar surface area (TPSA) is 18.5 Å². The first-order valence-corrected chi connectivity index (χ1v) is 7.74. The molecule has 4 heteroatoms. The van der Waals surface area contributed by atoms with Crippen LogP contribution in [0.15, 0.2) is 69.6 Å². The van der Waals surface area contributed by atoms with Crippen molar-refractivity contribution in [2.75, 3.05) is 13.2 Å². The molecule has 0 amide bonds. The molecule has 0 N–H and O–H groups in total. The van der Waals surface area contributed by atoms with Gasteiger partial charge in [0.1, 0.15) is 24.7 Å². The molecule has 0 radical (unpaired) electrons. The van der Waals surface area contributed by atoms with E-state index in [1.54, 1.807) is 0 Å². The van der Waals surface area contributed by atoms with Crippen LogP contribution in [0, 0.1) is 0 Å². The Hall–Kier alpha value is -1.26. The first-order valence-electron chi connectivity index (χ1n) is 6.16. The Kier molecular flexibility index (Phi) is 6.15. The summed E-state index contributed by atoms with van der Waals surface area (Å²) in [4.78, 5) is 0. The normalized spacial score (nSPS) is 10.7. The molecule has 2 rings (SSSR count). The second-order valence-corrected chi connectivity index (χ2v) is 5.83. The minimum atomic E-state index is 0.533. The van der Waals surface area contributed by atoms with Crippen LogP contribution >= 0.6 is 31.9 Å². The standard InChI is InChI=1S/C16H14Br2O2/c17-13-3-7-15(8-4-13)19-11-1-2-12-20-16-9-5-14(18)6-10-16/h1-10H,11-12H2/b2-1-. The van der Waals surface area contributed by atoms with Crippen molar-refractivity contribution >= 4 is 31.9 Å². The van der Waals surface area contributed by atoms with Crippen LogP contribution < -0.4 is 9.47 Å². The van der Waals surface area contributed by atoms with Crippen LogP contribution in [0.1, 0.15) is 0 Å². The lowest BCUT2D eigenvalue weighted by molar-refractivity contribution is 0.350. The van der Waals surface area contributed by atoms with E-state index in [0.717, 1.165) is 20.4 Å². The van der Waals surface area contributed by atoms with Crippen molar-refractivity contribution in [3.8, 4) is 11.5 Å². The maximum atomic E-state index is 5.56. The minimum absolute atomic E-state index is 0.533. The molecule has 104 valence electrons. The smallest absolute Gasteiger partial charge is 0.119 e. The Morgan fingerprint density at radius 2 is 1.00 bits per heavy atom. The summed E-state index contributed by atoms with van der Waals surface area (Å²) in [5.41, 5.74) is 0. The van der Waals surface area contributed by atoms with E-state index in [0.29, 0.717) is 13.2 Å². The summed E-state index contributed by atoms with van der Waals surface area (Å²) >= 11 is 6.77. The molecule has 0 atom stereocenters. The van der Waals surface area contributed by atoms with Gasteiger partial charge in [-0.05, 0) is 60.7 Å². The zero-order valence-electron chi connectivity index (χ0n) is 10.8. The molecule has 0 heterocycles. The van der Waals surface area contributed by atoms with Crippen molar-refractivity contribution in [1.29, 1.82) is 0 Å². The van der Waals surface area contributed by atoms with Gasteiger partial charge in [0, 0.05) is 8.95 Å². The molecule has 0 saturated heterocycles. The summed E-state index contributed by atoms with van der Waals surface area (Å²) in [7, 11) is 0. The fraction of sp³-hybridized carbons (Fsp3) is 0.125. The Labute approximate surface area is 135 Å². The SMILES string of the molecule is Brc1ccc(OC/C=C\COc2ccc(Br)cc2)cc1. The summed E-state index contributed by atoms with van der Waals surface area (Å²) in [6.45, 7) is 1.07. The highest BCUT2D eigenvalue weighted by atomic mass is 79.9. The predicted octanol–water partition coefficient (Wildman–Crippen LogP) is 5.23. The van der Waals surface area contributed by atoms with E-state index in [1.165, 1.54) is 0 Å². The van der Waals surface area contributed by atoms with E-state index in [-0.39, 0.29) is 0 Å². The third kappa shape index (κ3) is 5.39. The zero-order valence-corrected chi connectivity index (χ0v) is 13.9. The van der Waals surface area contributed by atoms with E-state index in [2.05, 4.69) is 31.9 Å². The van der Waals surface area contributed by atoms with Gasteiger partial charge in [-0.3, -0.25) is 0 Å². The first-order chi connectivity index (χ1) is 9.74. The highest BCUT2D eigenvalue weighted by Crippen LogP contribution is 2.16. The number of benzene rings is 2. The van der Waals surface area contributed by atoms with Gasteiger partial charge in [-0.2, -0.15) is 0 Å². The zero-order chi connectivity index (χ0) is 14.2. The Morgan fingerprint density at radius 3 is 1.35 bits per heavy atom. The number of ether oxygens (including phenoxy) is 2. The van der Waals surface area contributed by atoms with Gasteiger partial charge >= 0.3 is 0 Å². The van der Waals surface area contributed by atoms with Gasteiger partial charge in [0.2, 0.25) is 0 Å². The molecule has 0 aliphatic rings. The van der Waals surface area contributed by atoms with E-state index in [9.17, 15) is 0 Å². The molecule has 0 spiro atoms. The average Bonchev–Trinajstić information content (AvgIpc) is 2.46. The third-order valence-corrected chi connectivity index (χ3v) is 3.54. The average molecular weight is 398 g/mol. The van der Waals surface area contributed by atoms with E-state index >= 15 is 0 Å². The summed E-state index contributed by atoms with van der Waals surface area (Å²) in [6, 6.07) is 15.5. The number of rotatable bonds is 6. The van der Waals surface area contributed by atoms with Crippen molar-refractivity contribution in [3.05, 3.63) is 69.6 Å². The van der Waals surface area contributed by atoms with Crippen LogP contribution in [0.4, 0.5) is 0 Å². The van der Waals surface area contributed by atoms with Crippen LogP contribution in [0.3, 0.4) is 0 Å². The predicted molar refractivity (Wildman–Crippen MR) is 88.4 cm³/mol. The summed E-state index contributed by atoms with van der Waals surface area (Å²) in [5.74, 6) is 1.71. The summed E-state index contributed by atoms with van der Waals surface area (Å²) in [5, 5.41) is 0. The van der Waals surface area contributed by atoms with Crippen LogP contribution in [0.5, 0.6) is 11.5 Å². The second-order valence-electron chi connectivity index (χ2n) is 4.00. The van der Waals surface area contributed by atoms with E-state index in [1.807, 2.05) is 60.7 Å². The van der Waals surface area contributed by atoms with E-state index in [4.69, 9.17) is 9.47 Å². The van der Waals surface area contributed by atoms with Gasteiger partial charge < -0.3 is 9.47 Å². The molecule has 2 aromatic rings. The van der Waals surface area contributed by atoms with Crippen molar-refractivity contribution < 1.29 is 9.47 Å². The molecule has 0 aromatic heterocycles. The summed E-state index contributed by atoms with van der Waals surface area (Å²) < 4.78 is 13.2. The molecule has 2 aromatic carbocycles. The van der Waals surface area contributed by atoms with Gasteiger partial charge in [0.25, 0.3) is 0 Å². The maximum absolute atomic E-state index is 5.56. The highest BCUT2D eigenvalue weighted by Gasteiger charge is 1.92. The molecule has 0 aliphatic heterocycles. The fourth-order valence-electron chi connectivity index (χ4n) is 1.49. The maximum Gasteiger partial charge on any atom is 0.119 e. The lowest BCUT2D eigenvalue weighted by Crippen LogP contribution is -1.96. The lowest BCUT2D eigenvalue weighted by Gasteiger charge is -2.04. The van der Waals surface area contributed by atoms with Crippen molar-refractivity contribution in [1.82, 2.24) is 0 Å². The Balaban J connectivity index is 1.67. The van der Waals surface area contributed by atoms with Gasteiger partial charge in [-0.1, -0.05) is 31.9 Å². The Morgan fingerprint density at radius 1 is 0.650 bits per heavy atom. The monoisotopic (exact) mass is 396 g/mol. The molecule has 0 aliphatic carbocycles. The van der Waals surface area contributed by atoms with Gasteiger partial charge in [-0.25, -0.2) is 0 Å². The molecule has 2 nitrogen and oxygen atoms in total. The molecule has 0 saturated carbocycles. The Bertz CT molecular complexity index is 496. The highest BCUT2D eigenvalue weighted by molar-refractivity contribution is 9.10. The van der Waals surface area contributed by atoms with Crippen LogP contribution in [0.25, 0.3) is 0 Å². The van der Waals surface area contributed by atoms with Crippen LogP contribution in [-0.2, 0) is 0 Å². The van der Waals surface area contributed by atoms with Crippen molar-refractivity contribution in [2.45, 2.75) is 0 Å². The third-order valence-electron chi connectivity index (χ3n) is 2.49. The number of hydrogen-bond acceptors (Lipinski definition) is 2. The number of hydrogen-bond donors (Lipinski definition) is 0.